The second-order valence-corrected chi connectivity index (χ2v) is 4.89. The predicted octanol–water partition coefficient (Wildman–Crippen LogP) is 3.46. The molecule has 1 N–H and O–H groups in total. The number of phenols is 1. The molecule has 3 nitrogen and oxygen atoms in total. The maximum atomic E-state index is 13.1. The van der Waals surface area contributed by atoms with E-state index in [2.05, 4.69) is 0 Å². The lowest BCUT2D eigenvalue weighted by Crippen LogP contribution is -2.26. The Bertz CT molecular complexity index is 628. The minimum atomic E-state index is -0.564. The molecule has 0 spiro atoms. The Hall–Kier alpha value is -2.07. The fourth-order valence-electron chi connectivity index (χ4n) is 1.82. The third-order valence-electron chi connectivity index (χ3n) is 2.87. The van der Waals surface area contributed by atoms with E-state index < -0.39 is 11.7 Å². The Morgan fingerprint density at radius 3 is 2.55 bits per heavy atom. The number of carbonyl (C=O) groups is 1. The number of nitrogens with zero attached hydrogens (tertiary/aromatic N) is 1. The fourth-order valence-corrected chi connectivity index (χ4v) is 1.95. The van der Waals surface area contributed by atoms with Crippen molar-refractivity contribution >= 4 is 17.5 Å². The number of amides is 1. The van der Waals surface area contributed by atoms with Gasteiger partial charge in [-0.25, -0.2) is 4.39 Å². The van der Waals surface area contributed by atoms with E-state index in [1.54, 1.807) is 31.3 Å². The van der Waals surface area contributed by atoms with Crippen molar-refractivity contribution in [1.82, 2.24) is 4.90 Å². The Morgan fingerprint density at radius 1 is 1.25 bits per heavy atom. The van der Waals surface area contributed by atoms with Gasteiger partial charge in [0.1, 0.15) is 11.6 Å². The Kier molecular flexibility index (Phi) is 4.25. The molecule has 0 aliphatic rings. The zero-order valence-corrected chi connectivity index (χ0v) is 11.6. The topological polar surface area (TPSA) is 40.5 Å². The van der Waals surface area contributed by atoms with Crippen molar-refractivity contribution in [2.24, 2.45) is 0 Å². The van der Waals surface area contributed by atoms with Crippen LogP contribution in [0.2, 0.25) is 5.02 Å². The van der Waals surface area contributed by atoms with Gasteiger partial charge in [0.25, 0.3) is 5.91 Å². The summed E-state index contributed by atoms with van der Waals surface area (Å²) >= 11 is 5.79. The molecule has 2 aromatic carbocycles. The molecule has 0 saturated carbocycles. The quantitative estimate of drug-likeness (QED) is 0.941. The standard InChI is InChI=1S/C15H13ClFNO2/c1-18(9-10-2-4-11(16)5-3-10)15(20)13-8-12(17)6-7-14(13)19/h2-8,19H,9H2,1H3. The number of hydrogen-bond donors (Lipinski definition) is 1. The van der Waals surface area contributed by atoms with Gasteiger partial charge in [-0.1, -0.05) is 23.7 Å². The maximum absolute atomic E-state index is 13.1. The van der Waals surface area contributed by atoms with E-state index in [1.807, 2.05) is 0 Å². The zero-order valence-electron chi connectivity index (χ0n) is 10.8. The number of halogens is 2. The number of rotatable bonds is 3. The zero-order chi connectivity index (χ0) is 14.7. The van der Waals surface area contributed by atoms with E-state index in [0.29, 0.717) is 11.6 Å². The van der Waals surface area contributed by atoms with Gasteiger partial charge in [-0.2, -0.15) is 0 Å². The molecule has 0 unspecified atom stereocenters. The van der Waals surface area contributed by atoms with Crippen molar-refractivity contribution in [2.75, 3.05) is 7.05 Å². The van der Waals surface area contributed by atoms with Gasteiger partial charge in [-0.3, -0.25) is 4.79 Å². The predicted molar refractivity (Wildman–Crippen MR) is 75.3 cm³/mol. The van der Waals surface area contributed by atoms with Crippen LogP contribution in [-0.2, 0) is 6.54 Å². The summed E-state index contributed by atoms with van der Waals surface area (Å²) in [5.74, 6) is -1.25. The second kappa shape index (κ2) is 5.92. The molecule has 0 fully saturated rings. The van der Waals surface area contributed by atoms with Crippen molar-refractivity contribution < 1.29 is 14.3 Å². The highest BCUT2D eigenvalue weighted by Gasteiger charge is 2.16. The van der Waals surface area contributed by atoms with Crippen molar-refractivity contribution in [3.05, 3.63) is 64.4 Å². The monoisotopic (exact) mass is 293 g/mol. The lowest BCUT2D eigenvalue weighted by atomic mass is 10.1. The molecule has 2 aromatic rings. The first-order valence-electron chi connectivity index (χ1n) is 5.96. The minimum absolute atomic E-state index is 0.0542. The molecule has 0 heterocycles. The third-order valence-corrected chi connectivity index (χ3v) is 3.12. The average molecular weight is 294 g/mol. The van der Waals surface area contributed by atoms with Gasteiger partial charge in [0.2, 0.25) is 0 Å². The van der Waals surface area contributed by atoms with Gasteiger partial charge >= 0.3 is 0 Å². The summed E-state index contributed by atoms with van der Waals surface area (Å²) in [5.41, 5.74) is 0.836. The summed E-state index contributed by atoms with van der Waals surface area (Å²) in [6, 6.07) is 10.4. The number of benzene rings is 2. The molecule has 0 atom stereocenters. The number of hydrogen-bond acceptors (Lipinski definition) is 2. The molecular formula is C15H13ClFNO2. The minimum Gasteiger partial charge on any atom is -0.507 e. The van der Waals surface area contributed by atoms with Gasteiger partial charge in [-0.05, 0) is 35.9 Å². The maximum Gasteiger partial charge on any atom is 0.257 e. The van der Waals surface area contributed by atoms with E-state index >= 15 is 0 Å². The van der Waals surface area contributed by atoms with E-state index in [0.717, 1.165) is 17.7 Å². The second-order valence-electron chi connectivity index (χ2n) is 4.45. The number of phenolic OH excluding ortho intramolecular Hbond substituents is 1. The average Bonchev–Trinajstić information content (AvgIpc) is 2.43. The molecule has 0 bridgehead atoms. The van der Waals surface area contributed by atoms with E-state index in [4.69, 9.17) is 11.6 Å². The summed E-state index contributed by atoms with van der Waals surface area (Å²) < 4.78 is 13.1. The van der Waals surface area contributed by atoms with Crippen LogP contribution in [0.15, 0.2) is 42.5 Å². The van der Waals surface area contributed by atoms with Crippen LogP contribution >= 0.6 is 11.6 Å². The van der Waals surface area contributed by atoms with E-state index in [1.165, 1.54) is 11.0 Å². The van der Waals surface area contributed by atoms with Crippen LogP contribution in [0.25, 0.3) is 0 Å². The molecule has 0 saturated heterocycles. The lowest BCUT2D eigenvalue weighted by Gasteiger charge is -2.18. The number of aromatic hydroxyl groups is 1. The molecule has 104 valence electrons. The van der Waals surface area contributed by atoms with Crippen LogP contribution in [-0.4, -0.2) is 23.0 Å². The lowest BCUT2D eigenvalue weighted by molar-refractivity contribution is 0.0781. The number of carbonyl (C=O) groups excluding carboxylic acids is 1. The Balaban J connectivity index is 2.16. The van der Waals surface area contributed by atoms with Gasteiger partial charge in [0.15, 0.2) is 0 Å². The normalized spacial score (nSPS) is 10.3. The van der Waals surface area contributed by atoms with Crippen LogP contribution in [0.1, 0.15) is 15.9 Å². The highest BCUT2D eigenvalue weighted by molar-refractivity contribution is 6.30. The largest absolute Gasteiger partial charge is 0.507 e. The van der Waals surface area contributed by atoms with Crippen molar-refractivity contribution in [2.45, 2.75) is 6.54 Å². The van der Waals surface area contributed by atoms with Crippen LogP contribution in [0.5, 0.6) is 5.75 Å². The molecule has 5 heteroatoms. The first-order valence-corrected chi connectivity index (χ1v) is 6.33. The molecule has 2 rings (SSSR count). The van der Waals surface area contributed by atoms with Crippen molar-refractivity contribution in [3.63, 3.8) is 0 Å². The van der Waals surface area contributed by atoms with Crippen LogP contribution in [0.3, 0.4) is 0 Å². The van der Waals surface area contributed by atoms with Crippen LogP contribution < -0.4 is 0 Å². The molecule has 0 aliphatic carbocycles. The molecule has 1 amide bonds. The molecule has 0 aromatic heterocycles. The first-order chi connectivity index (χ1) is 9.47. The van der Waals surface area contributed by atoms with Crippen molar-refractivity contribution in [3.8, 4) is 5.75 Å². The van der Waals surface area contributed by atoms with E-state index in [9.17, 15) is 14.3 Å². The van der Waals surface area contributed by atoms with Crippen LogP contribution in [0.4, 0.5) is 4.39 Å². The highest BCUT2D eigenvalue weighted by Crippen LogP contribution is 2.20. The van der Waals surface area contributed by atoms with E-state index in [-0.39, 0.29) is 11.3 Å². The van der Waals surface area contributed by atoms with Crippen LogP contribution in [0, 0.1) is 5.82 Å². The SMILES string of the molecule is CN(Cc1ccc(Cl)cc1)C(=O)c1cc(F)ccc1O. The molecule has 20 heavy (non-hydrogen) atoms. The van der Waals surface area contributed by atoms with Crippen molar-refractivity contribution in [1.29, 1.82) is 0 Å². The summed E-state index contributed by atoms with van der Waals surface area (Å²) in [4.78, 5) is 13.6. The Morgan fingerprint density at radius 2 is 1.90 bits per heavy atom. The van der Waals surface area contributed by atoms with Gasteiger partial charge in [-0.15, -0.1) is 0 Å². The summed E-state index contributed by atoms with van der Waals surface area (Å²) in [5, 5.41) is 10.2. The summed E-state index contributed by atoms with van der Waals surface area (Å²) in [7, 11) is 1.58. The molecule has 0 radical (unpaired) electrons. The van der Waals surface area contributed by atoms with Gasteiger partial charge in [0, 0.05) is 18.6 Å². The van der Waals surface area contributed by atoms with Gasteiger partial charge in [0.05, 0.1) is 5.56 Å². The first kappa shape index (κ1) is 14.3. The smallest absolute Gasteiger partial charge is 0.257 e. The Labute approximate surface area is 121 Å². The third kappa shape index (κ3) is 3.27. The highest BCUT2D eigenvalue weighted by atomic mass is 35.5. The van der Waals surface area contributed by atoms with Gasteiger partial charge < -0.3 is 10.0 Å². The fraction of sp³-hybridized carbons (Fsp3) is 0.133. The summed E-state index contributed by atoms with van der Waals surface area (Å²) in [6.45, 7) is 0.339. The molecule has 0 aliphatic heterocycles. The molecular weight excluding hydrogens is 281 g/mol. The summed E-state index contributed by atoms with van der Waals surface area (Å²) in [6.07, 6.45) is 0.